The van der Waals surface area contributed by atoms with Gasteiger partial charge < -0.3 is 4.42 Å². The van der Waals surface area contributed by atoms with Crippen molar-refractivity contribution in [1.29, 1.82) is 0 Å². The normalized spacial score (nSPS) is 12.3. The molecule has 0 aliphatic rings. The van der Waals surface area contributed by atoms with Crippen molar-refractivity contribution in [3.05, 3.63) is 105 Å². The monoisotopic (exact) mass is 485 g/mol. The summed E-state index contributed by atoms with van der Waals surface area (Å²) in [5.74, 6) is 0.449. The Morgan fingerprint density at radius 3 is 2.41 bits per heavy atom. The zero-order valence-electron chi connectivity index (χ0n) is 18.4. The van der Waals surface area contributed by atoms with Gasteiger partial charge in [-0.05, 0) is 38.1 Å². The van der Waals surface area contributed by atoms with Gasteiger partial charge in [0, 0.05) is 5.56 Å². The Balaban J connectivity index is 1.57. The largest absolute Gasteiger partial charge is 0.463 e. The number of hydrogen-bond acceptors (Lipinski definition) is 8. The molecule has 0 fully saturated rings. The van der Waals surface area contributed by atoms with Crippen molar-refractivity contribution in [2.45, 2.75) is 13.8 Å². The number of furan rings is 1. The van der Waals surface area contributed by atoms with Gasteiger partial charge in [-0.15, -0.1) is 21.5 Å². The summed E-state index contributed by atoms with van der Waals surface area (Å²) in [5.41, 5.74) is 3.07. The van der Waals surface area contributed by atoms with E-state index in [4.69, 9.17) is 4.42 Å². The van der Waals surface area contributed by atoms with Crippen molar-refractivity contribution in [1.82, 2.24) is 14.8 Å². The van der Waals surface area contributed by atoms with Gasteiger partial charge in [0.15, 0.2) is 5.01 Å². The van der Waals surface area contributed by atoms with Gasteiger partial charge >= 0.3 is 0 Å². The fourth-order valence-electron chi connectivity index (χ4n) is 3.24. The van der Waals surface area contributed by atoms with Crippen molar-refractivity contribution in [2.24, 2.45) is 10.2 Å². The highest BCUT2D eigenvalue weighted by molar-refractivity contribution is 7.18. The molecule has 5 rings (SSSR count). The standard InChI is InChI=1S/C25H19N5O2S2/c1-16(20-14-9-15-32-20)27-28-25-30(19-12-7-4-8-13-19)29-24(34-25)21(31)22-17(2)26-23(33-22)18-10-5-3-6-11-18/h3-15H,1-2H3/b27-16+,28-25+. The number of hydrogen-bond donors (Lipinski definition) is 0. The predicted molar refractivity (Wildman–Crippen MR) is 134 cm³/mol. The minimum absolute atomic E-state index is 0.181. The van der Waals surface area contributed by atoms with Crippen molar-refractivity contribution in [2.75, 3.05) is 0 Å². The first kappa shape index (κ1) is 21.9. The lowest BCUT2D eigenvalue weighted by Crippen LogP contribution is -2.14. The maximum absolute atomic E-state index is 13.4. The smallest absolute Gasteiger partial charge is 0.235 e. The van der Waals surface area contributed by atoms with E-state index in [-0.39, 0.29) is 5.78 Å². The first-order valence-corrected chi connectivity index (χ1v) is 12.1. The van der Waals surface area contributed by atoms with Gasteiger partial charge in [-0.2, -0.15) is 5.10 Å². The molecule has 0 spiro atoms. The molecule has 0 N–H and O–H groups in total. The quantitative estimate of drug-likeness (QED) is 0.180. The average Bonchev–Trinajstić information content (AvgIpc) is 3.63. The number of nitrogens with zero attached hydrogens (tertiary/aromatic N) is 5. The molecule has 0 atom stereocenters. The van der Waals surface area contributed by atoms with Crippen LogP contribution in [0.1, 0.15) is 33.1 Å². The van der Waals surface area contributed by atoms with Crippen LogP contribution < -0.4 is 4.80 Å². The Hall–Kier alpha value is -3.95. The topological polar surface area (TPSA) is 85.6 Å². The van der Waals surface area contributed by atoms with E-state index in [1.54, 1.807) is 17.0 Å². The number of carbonyl (C=O) groups excluding carboxylic acids is 1. The van der Waals surface area contributed by atoms with Crippen LogP contribution in [-0.2, 0) is 0 Å². The minimum Gasteiger partial charge on any atom is -0.463 e. The van der Waals surface area contributed by atoms with E-state index < -0.39 is 0 Å². The van der Waals surface area contributed by atoms with Crippen LogP contribution in [0.2, 0.25) is 0 Å². The van der Waals surface area contributed by atoms with E-state index in [0.717, 1.165) is 16.3 Å². The van der Waals surface area contributed by atoms with Crippen LogP contribution >= 0.6 is 22.7 Å². The number of ketones is 1. The maximum atomic E-state index is 13.4. The summed E-state index contributed by atoms with van der Waals surface area (Å²) >= 11 is 2.56. The molecule has 168 valence electrons. The summed E-state index contributed by atoms with van der Waals surface area (Å²) < 4.78 is 7.01. The molecule has 9 heteroatoms. The molecular formula is C25H19N5O2S2. The highest BCUT2D eigenvalue weighted by Gasteiger charge is 2.22. The number of rotatable bonds is 6. The maximum Gasteiger partial charge on any atom is 0.235 e. The minimum atomic E-state index is -0.181. The summed E-state index contributed by atoms with van der Waals surface area (Å²) in [7, 11) is 0. The zero-order chi connectivity index (χ0) is 23.5. The van der Waals surface area contributed by atoms with Crippen LogP contribution in [0.5, 0.6) is 0 Å². The summed E-state index contributed by atoms with van der Waals surface area (Å²) in [6, 6.07) is 23.0. The van der Waals surface area contributed by atoms with Gasteiger partial charge in [-0.3, -0.25) is 4.79 Å². The Bertz CT molecular complexity index is 1530. The second-order valence-electron chi connectivity index (χ2n) is 7.33. The van der Waals surface area contributed by atoms with Crippen LogP contribution in [0.25, 0.3) is 16.3 Å². The molecule has 0 bridgehead atoms. The molecule has 0 saturated carbocycles. The summed E-state index contributed by atoms with van der Waals surface area (Å²) in [6.07, 6.45) is 1.59. The number of thiazole rings is 1. The number of aromatic nitrogens is 3. The highest BCUT2D eigenvalue weighted by atomic mass is 32.1. The van der Waals surface area contributed by atoms with Gasteiger partial charge in [0.1, 0.15) is 21.4 Å². The Morgan fingerprint density at radius 1 is 0.971 bits per heavy atom. The summed E-state index contributed by atoms with van der Waals surface area (Å²) in [5, 5.41) is 14.4. The molecule has 0 saturated heterocycles. The number of para-hydroxylation sites is 1. The Labute approximate surface area is 203 Å². The third-order valence-corrected chi connectivity index (χ3v) is 7.04. The van der Waals surface area contributed by atoms with Crippen LogP contribution in [0.4, 0.5) is 0 Å². The van der Waals surface area contributed by atoms with Gasteiger partial charge in [0.05, 0.1) is 17.6 Å². The van der Waals surface area contributed by atoms with Crippen LogP contribution in [0.15, 0.2) is 93.7 Å². The fraction of sp³-hybridized carbons (Fsp3) is 0.0800. The number of benzene rings is 2. The third-order valence-electron chi connectivity index (χ3n) is 4.94. The average molecular weight is 486 g/mol. The Morgan fingerprint density at radius 2 is 1.71 bits per heavy atom. The van der Waals surface area contributed by atoms with E-state index in [1.807, 2.05) is 80.6 Å². The lowest BCUT2D eigenvalue weighted by Gasteiger charge is -1.99. The first-order chi connectivity index (χ1) is 16.6. The molecule has 0 amide bonds. The van der Waals surface area contributed by atoms with Gasteiger partial charge in [-0.25, -0.2) is 9.67 Å². The van der Waals surface area contributed by atoms with E-state index in [9.17, 15) is 4.79 Å². The molecule has 0 radical (unpaired) electrons. The molecule has 7 nitrogen and oxygen atoms in total. The van der Waals surface area contributed by atoms with Crippen molar-refractivity contribution >= 4 is 34.2 Å². The second-order valence-corrected chi connectivity index (χ2v) is 9.28. The molecule has 3 aromatic heterocycles. The molecular weight excluding hydrogens is 466 g/mol. The number of aryl methyl sites for hydroxylation is 1. The van der Waals surface area contributed by atoms with E-state index in [1.165, 1.54) is 22.7 Å². The van der Waals surface area contributed by atoms with Crippen LogP contribution in [0.3, 0.4) is 0 Å². The van der Waals surface area contributed by atoms with E-state index >= 15 is 0 Å². The second kappa shape index (κ2) is 9.50. The Kier molecular flexibility index (Phi) is 6.11. The van der Waals surface area contributed by atoms with E-state index in [2.05, 4.69) is 20.3 Å². The van der Waals surface area contributed by atoms with Gasteiger partial charge in [0.25, 0.3) is 0 Å². The lowest BCUT2D eigenvalue weighted by atomic mass is 10.2. The first-order valence-electron chi connectivity index (χ1n) is 10.5. The summed E-state index contributed by atoms with van der Waals surface area (Å²) in [6.45, 7) is 3.66. The molecule has 0 aliphatic carbocycles. The van der Waals surface area contributed by atoms with Gasteiger partial charge in [-0.1, -0.05) is 59.9 Å². The zero-order valence-corrected chi connectivity index (χ0v) is 20.0. The SMILES string of the molecule is C/C(=N\N=c1\sc(C(=O)c2sc(-c3ccccc3)nc2C)nn1-c1ccccc1)c1ccco1. The van der Waals surface area contributed by atoms with Crippen LogP contribution in [-0.4, -0.2) is 26.3 Å². The van der Waals surface area contributed by atoms with Crippen molar-refractivity contribution in [3.63, 3.8) is 0 Å². The lowest BCUT2D eigenvalue weighted by molar-refractivity contribution is 0.104. The summed E-state index contributed by atoms with van der Waals surface area (Å²) in [4.78, 5) is 19.1. The van der Waals surface area contributed by atoms with E-state index in [0.29, 0.717) is 31.9 Å². The molecule has 34 heavy (non-hydrogen) atoms. The molecule has 5 aromatic rings. The molecule has 2 aromatic carbocycles. The molecule has 3 heterocycles. The molecule has 0 aliphatic heterocycles. The van der Waals surface area contributed by atoms with Crippen LogP contribution in [0, 0.1) is 6.92 Å². The molecule has 0 unspecified atom stereocenters. The number of carbonyl (C=O) groups is 1. The van der Waals surface area contributed by atoms with Crippen molar-refractivity contribution in [3.8, 4) is 16.3 Å². The van der Waals surface area contributed by atoms with Crippen molar-refractivity contribution < 1.29 is 9.21 Å². The fourth-order valence-corrected chi connectivity index (χ4v) is 5.12. The van der Waals surface area contributed by atoms with Gasteiger partial charge in [0.2, 0.25) is 10.6 Å². The third kappa shape index (κ3) is 4.43. The predicted octanol–water partition coefficient (Wildman–Crippen LogP) is 5.51. The highest BCUT2D eigenvalue weighted by Crippen LogP contribution is 2.29.